The summed E-state index contributed by atoms with van der Waals surface area (Å²) in [5, 5.41) is 3.64. The van der Waals surface area contributed by atoms with Crippen LogP contribution in [-0.2, 0) is 11.3 Å². The fourth-order valence-electron chi connectivity index (χ4n) is 2.44. The number of rotatable bonds is 6. The monoisotopic (exact) mass is 340 g/mol. The van der Waals surface area contributed by atoms with Crippen molar-refractivity contribution in [2.24, 2.45) is 0 Å². The van der Waals surface area contributed by atoms with Crippen molar-refractivity contribution < 1.29 is 4.79 Å². The second kappa shape index (κ2) is 8.46. The SMILES string of the molecule is C=C(/C(C)=C(\CC)C(=O)NCc1ccncc1)c1ccc(Cl)cc1. The van der Waals surface area contributed by atoms with Gasteiger partial charge >= 0.3 is 0 Å². The normalized spacial score (nSPS) is 11.6. The van der Waals surface area contributed by atoms with Crippen LogP contribution in [0.2, 0.25) is 5.02 Å². The molecule has 1 aromatic carbocycles. The molecule has 0 saturated heterocycles. The lowest BCUT2D eigenvalue weighted by molar-refractivity contribution is -0.117. The van der Waals surface area contributed by atoms with Crippen LogP contribution in [0.5, 0.6) is 0 Å². The molecule has 0 unspecified atom stereocenters. The largest absolute Gasteiger partial charge is 0.348 e. The Bertz CT molecular complexity index is 749. The molecule has 0 spiro atoms. The number of halogens is 1. The maximum atomic E-state index is 12.5. The number of nitrogens with one attached hydrogen (secondary N) is 1. The number of pyridine rings is 1. The van der Waals surface area contributed by atoms with E-state index in [9.17, 15) is 4.79 Å². The second-order valence-electron chi connectivity index (χ2n) is 5.48. The zero-order valence-corrected chi connectivity index (χ0v) is 14.7. The van der Waals surface area contributed by atoms with Crippen LogP contribution in [0.25, 0.3) is 5.57 Å². The molecule has 0 aliphatic rings. The highest BCUT2D eigenvalue weighted by Gasteiger charge is 2.13. The highest BCUT2D eigenvalue weighted by Crippen LogP contribution is 2.26. The Morgan fingerprint density at radius 3 is 2.38 bits per heavy atom. The number of hydrogen-bond donors (Lipinski definition) is 1. The van der Waals surface area contributed by atoms with Crippen LogP contribution >= 0.6 is 11.6 Å². The first-order valence-electron chi connectivity index (χ1n) is 7.85. The Labute approximate surface area is 148 Å². The van der Waals surface area contributed by atoms with Crippen LogP contribution in [0.15, 0.2) is 66.5 Å². The van der Waals surface area contributed by atoms with Crippen LogP contribution in [0.1, 0.15) is 31.4 Å². The third kappa shape index (κ3) is 4.56. The van der Waals surface area contributed by atoms with Gasteiger partial charge < -0.3 is 5.32 Å². The van der Waals surface area contributed by atoms with Crippen LogP contribution in [0.4, 0.5) is 0 Å². The van der Waals surface area contributed by atoms with Crippen LogP contribution in [0.3, 0.4) is 0 Å². The Morgan fingerprint density at radius 1 is 1.17 bits per heavy atom. The summed E-state index contributed by atoms with van der Waals surface area (Å²) in [6.07, 6.45) is 4.07. The molecule has 1 aromatic heterocycles. The van der Waals surface area contributed by atoms with Gasteiger partial charge in [-0.3, -0.25) is 9.78 Å². The van der Waals surface area contributed by atoms with Crippen molar-refractivity contribution in [3.8, 4) is 0 Å². The fraction of sp³-hybridized carbons (Fsp3) is 0.200. The molecule has 124 valence electrons. The summed E-state index contributed by atoms with van der Waals surface area (Å²) in [5.74, 6) is -0.0677. The van der Waals surface area contributed by atoms with Gasteiger partial charge in [-0.1, -0.05) is 37.2 Å². The summed E-state index contributed by atoms with van der Waals surface area (Å²) < 4.78 is 0. The molecule has 2 rings (SSSR count). The predicted molar refractivity (Wildman–Crippen MR) is 99.6 cm³/mol. The van der Waals surface area contributed by atoms with Crippen molar-refractivity contribution in [1.29, 1.82) is 0 Å². The first kappa shape index (κ1) is 18.0. The van der Waals surface area contributed by atoms with Crippen molar-refractivity contribution in [3.63, 3.8) is 0 Å². The van der Waals surface area contributed by atoms with Crippen molar-refractivity contribution in [1.82, 2.24) is 10.3 Å². The molecule has 0 saturated carbocycles. The van der Waals surface area contributed by atoms with Crippen LogP contribution < -0.4 is 5.32 Å². The number of benzene rings is 1. The van der Waals surface area contributed by atoms with E-state index in [1.165, 1.54) is 0 Å². The van der Waals surface area contributed by atoms with E-state index < -0.39 is 0 Å². The van der Waals surface area contributed by atoms with Crippen molar-refractivity contribution in [2.75, 3.05) is 0 Å². The molecule has 0 bridgehead atoms. The van der Waals surface area contributed by atoms with Gasteiger partial charge in [0.2, 0.25) is 5.91 Å². The second-order valence-corrected chi connectivity index (χ2v) is 5.92. The number of hydrogen-bond acceptors (Lipinski definition) is 2. The molecule has 3 nitrogen and oxygen atoms in total. The lowest BCUT2D eigenvalue weighted by atomic mass is 9.95. The van der Waals surface area contributed by atoms with Gasteiger partial charge in [0, 0.05) is 29.5 Å². The third-order valence-corrected chi connectivity index (χ3v) is 4.18. The van der Waals surface area contributed by atoms with Gasteiger partial charge in [-0.25, -0.2) is 0 Å². The molecule has 0 atom stereocenters. The number of carbonyl (C=O) groups excluding carboxylic acids is 1. The van der Waals surface area contributed by atoms with Gasteiger partial charge in [0.15, 0.2) is 0 Å². The van der Waals surface area contributed by atoms with E-state index in [1.54, 1.807) is 12.4 Å². The van der Waals surface area contributed by atoms with E-state index in [4.69, 9.17) is 11.6 Å². The molecule has 4 heteroatoms. The van der Waals surface area contributed by atoms with Crippen molar-refractivity contribution in [3.05, 3.63) is 82.7 Å². The fourth-order valence-corrected chi connectivity index (χ4v) is 2.56. The zero-order valence-electron chi connectivity index (χ0n) is 14.0. The van der Waals surface area contributed by atoms with E-state index in [-0.39, 0.29) is 5.91 Å². The van der Waals surface area contributed by atoms with E-state index in [0.29, 0.717) is 18.0 Å². The average molecular weight is 341 g/mol. The number of carbonyl (C=O) groups is 1. The van der Waals surface area contributed by atoms with E-state index in [0.717, 1.165) is 27.8 Å². The zero-order chi connectivity index (χ0) is 17.5. The Hall–Kier alpha value is -2.39. The van der Waals surface area contributed by atoms with Crippen LogP contribution in [-0.4, -0.2) is 10.9 Å². The quantitative estimate of drug-likeness (QED) is 0.606. The molecular formula is C20H21ClN2O. The predicted octanol–water partition coefficient (Wildman–Crippen LogP) is 4.79. The molecule has 0 fully saturated rings. The number of aromatic nitrogens is 1. The standard InChI is InChI=1S/C20H21ClN2O/c1-4-19(20(24)23-13-16-9-11-22-12-10-16)15(3)14(2)17-5-7-18(21)8-6-17/h5-12H,2,4,13H2,1,3H3,(H,23,24)/b19-15+. The lowest BCUT2D eigenvalue weighted by Crippen LogP contribution is -2.25. The smallest absolute Gasteiger partial charge is 0.247 e. The van der Waals surface area contributed by atoms with Gasteiger partial charge in [0.1, 0.15) is 0 Å². The topological polar surface area (TPSA) is 42.0 Å². The summed E-state index contributed by atoms with van der Waals surface area (Å²) in [5.41, 5.74) is 4.45. The summed E-state index contributed by atoms with van der Waals surface area (Å²) in [6, 6.07) is 11.2. The maximum Gasteiger partial charge on any atom is 0.247 e. The van der Waals surface area contributed by atoms with Crippen molar-refractivity contribution in [2.45, 2.75) is 26.8 Å². The summed E-state index contributed by atoms with van der Waals surface area (Å²) >= 11 is 5.93. The lowest BCUT2D eigenvalue weighted by Gasteiger charge is -2.14. The molecule has 0 aliphatic carbocycles. The maximum absolute atomic E-state index is 12.5. The van der Waals surface area contributed by atoms with Gasteiger partial charge in [-0.05, 0) is 59.9 Å². The Morgan fingerprint density at radius 2 is 1.79 bits per heavy atom. The molecule has 24 heavy (non-hydrogen) atoms. The third-order valence-electron chi connectivity index (χ3n) is 3.93. The minimum absolute atomic E-state index is 0.0677. The van der Waals surface area contributed by atoms with E-state index in [1.807, 2.05) is 50.2 Å². The molecule has 2 aromatic rings. The first-order chi connectivity index (χ1) is 11.5. The average Bonchev–Trinajstić information content (AvgIpc) is 2.61. The molecule has 1 N–H and O–H groups in total. The first-order valence-corrected chi connectivity index (χ1v) is 8.22. The van der Waals surface area contributed by atoms with Crippen molar-refractivity contribution >= 4 is 23.1 Å². The van der Waals surface area contributed by atoms with Gasteiger partial charge in [0.25, 0.3) is 0 Å². The Kier molecular flexibility index (Phi) is 6.33. The minimum Gasteiger partial charge on any atom is -0.348 e. The highest BCUT2D eigenvalue weighted by atomic mass is 35.5. The van der Waals surface area contributed by atoms with E-state index >= 15 is 0 Å². The molecular weight excluding hydrogens is 320 g/mol. The van der Waals surface area contributed by atoms with Gasteiger partial charge in [0.05, 0.1) is 0 Å². The number of nitrogens with zero attached hydrogens (tertiary/aromatic N) is 1. The summed E-state index contributed by atoms with van der Waals surface area (Å²) in [7, 11) is 0. The minimum atomic E-state index is -0.0677. The van der Waals surface area contributed by atoms with Gasteiger partial charge in [-0.15, -0.1) is 0 Å². The summed E-state index contributed by atoms with van der Waals surface area (Å²) in [4.78, 5) is 16.5. The highest BCUT2D eigenvalue weighted by molar-refractivity contribution is 6.30. The molecule has 1 amide bonds. The molecule has 0 radical (unpaired) electrons. The number of allylic oxidation sites excluding steroid dienone is 2. The van der Waals surface area contributed by atoms with Crippen LogP contribution in [0, 0.1) is 0 Å². The van der Waals surface area contributed by atoms with E-state index in [2.05, 4.69) is 16.9 Å². The molecule has 1 heterocycles. The number of amides is 1. The van der Waals surface area contributed by atoms with Gasteiger partial charge in [-0.2, -0.15) is 0 Å². The summed E-state index contributed by atoms with van der Waals surface area (Å²) in [6.45, 7) is 8.52. The molecule has 0 aliphatic heterocycles. The Balaban J connectivity index is 2.14.